The summed E-state index contributed by atoms with van der Waals surface area (Å²) in [6.07, 6.45) is 1.86. The molecule has 0 atom stereocenters. The first-order chi connectivity index (χ1) is 25.5. The van der Waals surface area contributed by atoms with E-state index >= 15 is 0 Å². The number of benzene rings is 8. The van der Waals surface area contributed by atoms with Crippen LogP contribution < -0.4 is 0 Å². The van der Waals surface area contributed by atoms with Crippen LogP contribution in [-0.4, -0.2) is 4.98 Å². The van der Waals surface area contributed by atoms with Gasteiger partial charge in [-0.3, -0.25) is 4.98 Å². The number of aryl methyl sites for hydroxylation is 2. The Morgan fingerprint density at radius 3 is 1.56 bits per heavy atom. The molecule has 0 amide bonds. The van der Waals surface area contributed by atoms with Gasteiger partial charge in [0.2, 0.25) is 0 Å². The molecule has 3 nitrogen and oxygen atoms in total. The molecule has 0 saturated heterocycles. The summed E-state index contributed by atoms with van der Waals surface area (Å²) in [6, 6.07) is 52.0. The first-order valence-corrected chi connectivity index (χ1v) is 17.5. The Morgan fingerprint density at radius 2 is 0.904 bits per heavy atom. The van der Waals surface area contributed by atoms with Crippen LogP contribution in [0.25, 0.3) is 98.9 Å². The highest BCUT2D eigenvalue weighted by atomic mass is 14.7. The van der Waals surface area contributed by atoms with Crippen molar-refractivity contribution in [2.45, 2.75) is 13.8 Å². The molecular formula is C49H29N3. The number of pyridine rings is 1. The SMILES string of the molecule is Cc1cc(C#N)ccc1-c1cc2c3cc4c(cc3c(-c3ccc(C#N)cc3C)cc2c2ccccc12)-c1ccc(-c2ccccn2)c2cccc-4c12. The van der Waals surface area contributed by atoms with Crippen molar-refractivity contribution in [2.75, 3.05) is 0 Å². The third-order valence-electron chi connectivity index (χ3n) is 11.0. The second-order valence-electron chi connectivity index (χ2n) is 13.8. The van der Waals surface area contributed by atoms with Crippen LogP contribution in [-0.2, 0) is 0 Å². The van der Waals surface area contributed by atoms with Gasteiger partial charge in [0.05, 0.1) is 29.0 Å². The summed E-state index contributed by atoms with van der Waals surface area (Å²) in [7, 11) is 0. The van der Waals surface area contributed by atoms with Gasteiger partial charge in [0.25, 0.3) is 0 Å². The van der Waals surface area contributed by atoms with Gasteiger partial charge in [-0.15, -0.1) is 0 Å². The number of hydrogen-bond acceptors (Lipinski definition) is 3. The predicted octanol–water partition coefficient (Wildman–Crippen LogP) is 12.7. The Labute approximate surface area is 301 Å². The minimum atomic E-state index is 0.658. The highest BCUT2D eigenvalue weighted by Crippen LogP contribution is 2.53. The molecule has 0 N–H and O–H groups in total. The molecule has 9 aromatic rings. The number of rotatable bonds is 3. The van der Waals surface area contributed by atoms with Crippen LogP contribution in [0.5, 0.6) is 0 Å². The third-order valence-corrected chi connectivity index (χ3v) is 11.0. The van der Waals surface area contributed by atoms with Crippen molar-refractivity contribution in [3.63, 3.8) is 0 Å². The van der Waals surface area contributed by atoms with E-state index in [1.165, 1.54) is 65.3 Å². The molecule has 0 saturated carbocycles. The summed E-state index contributed by atoms with van der Waals surface area (Å²) in [5.74, 6) is 0. The summed E-state index contributed by atoms with van der Waals surface area (Å²) in [4.78, 5) is 4.71. The van der Waals surface area contributed by atoms with E-state index in [4.69, 9.17) is 4.98 Å². The number of aromatic nitrogens is 1. The van der Waals surface area contributed by atoms with Gasteiger partial charge >= 0.3 is 0 Å². The molecular weight excluding hydrogens is 631 g/mol. The average molecular weight is 660 g/mol. The van der Waals surface area contributed by atoms with Gasteiger partial charge in [-0.05, 0) is 173 Å². The lowest BCUT2D eigenvalue weighted by Gasteiger charge is -2.19. The number of nitriles is 2. The summed E-state index contributed by atoms with van der Waals surface area (Å²) in [5.41, 5.74) is 15.0. The van der Waals surface area contributed by atoms with Gasteiger partial charge in [0.15, 0.2) is 0 Å². The summed E-state index contributed by atoms with van der Waals surface area (Å²) < 4.78 is 0. The molecule has 1 aliphatic rings. The molecule has 0 bridgehead atoms. The van der Waals surface area contributed by atoms with Crippen molar-refractivity contribution in [3.8, 4) is 67.9 Å². The van der Waals surface area contributed by atoms with Crippen molar-refractivity contribution >= 4 is 43.1 Å². The van der Waals surface area contributed by atoms with Crippen molar-refractivity contribution in [1.82, 2.24) is 4.98 Å². The van der Waals surface area contributed by atoms with Crippen molar-refractivity contribution in [1.29, 1.82) is 10.5 Å². The van der Waals surface area contributed by atoms with Crippen LogP contribution in [0.1, 0.15) is 22.3 Å². The number of nitrogens with zero attached hydrogens (tertiary/aromatic N) is 3. The van der Waals surface area contributed by atoms with E-state index in [1.807, 2.05) is 42.6 Å². The fraction of sp³-hybridized carbons (Fsp3) is 0.0408. The molecule has 240 valence electrons. The van der Waals surface area contributed by atoms with E-state index in [-0.39, 0.29) is 0 Å². The molecule has 0 fully saturated rings. The van der Waals surface area contributed by atoms with E-state index in [9.17, 15) is 10.5 Å². The summed E-state index contributed by atoms with van der Waals surface area (Å²) in [5, 5.41) is 28.9. The van der Waals surface area contributed by atoms with E-state index < -0.39 is 0 Å². The molecule has 3 heteroatoms. The van der Waals surface area contributed by atoms with Gasteiger partial charge in [-0.1, -0.05) is 72.8 Å². The maximum atomic E-state index is 9.71. The maximum Gasteiger partial charge on any atom is 0.0991 e. The Hall–Kier alpha value is -7.07. The Bertz CT molecular complexity index is 3100. The van der Waals surface area contributed by atoms with Crippen LogP contribution >= 0.6 is 0 Å². The largest absolute Gasteiger partial charge is 0.256 e. The standard InChI is InChI=1S/C49H29N3/c1-28-20-30(26-50)13-15-32(28)40-22-46-42(35-9-4-3-8-34(35)40)23-41(33-16-14-31(27-51)21-29(33)2)45-25-44-39-18-17-36(48-12-5-6-19-52-48)37-10-7-11-38(49(37)39)43(44)24-47(45)46/h3-25H,1-2H3. The Kier molecular flexibility index (Phi) is 6.44. The summed E-state index contributed by atoms with van der Waals surface area (Å²) in [6.45, 7) is 4.19. The Morgan fingerprint density at radius 1 is 0.385 bits per heavy atom. The quantitative estimate of drug-likeness (QED) is 0.177. The van der Waals surface area contributed by atoms with Gasteiger partial charge in [0.1, 0.15) is 0 Å². The van der Waals surface area contributed by atoms with Crippen molar-refractivity contribution in [2.24, 2.45) is 0 Å². The third kappa shape index (κ3) is 4.27. The number of fused-ring (bicyclic) bond motifs is 8. The van der Waals surface area contributed by atoms with Crippen LogP contribution in [0, 0.1) is 36.5 Å². The second-order valence-corrected chi connectivity index (χ2v) is 13.8. The van der Waals surface area contributed by atoms with E-state index in [1.54, 1.807) is 0 Å². The van der Waals surface area contributed by atoms with Crippen LogP contribution in [0.4, 0.5) is 0 Å². The molecule has 0 radical (unpaired) electrons. The van der Waals surface area contributed by atoms with E-state index in [0.717, 1.165) is 44.6 Å². The molecule has 1 aliphatic carbocycles. The van der Waals surface area contributed by atoms with Gasteiger partial charge in [-0.25, -0.2) is 0 Å². The first kappa shape index (κ1) is 29.8. The molecule has 8 aromatic carbocycles. The van der Waals surface area contributed by atoms with Crippen molar-refractivity contribution < 1.29 is 0 Å². The first-order valence-electron chi connectivity index (χ1n) is 17.5. The van der Waals surface area contributed by atoms with Gasteiger partial charge in [-0.2, -0.15) is 10.5 Å². The fourth-order valence-electron chi connectivity index (χ4n) is 8.61. The lowest BCUT2D eigenvalue weighted by atomic mass is 9.84. The normalized spacial score (nSPS) is 11.6. The minimum Gasteiger partial charge on any atom is -0.256 e. The second kappa shape index (κ2) is 11.2. The molecule has 1 heterocycles. The van der Waals surface area contributed by atoms with Crippen LogP contribution in [0.3, 0.4) is 0 Å². The molecule has 0 aliphatic heterocycles. The number of hydrogen-bond donors (Lipinski definition) is 0. The highest BCUT2D eigenvalue weighted by Gasteiger charge is 2.26. The Balaban J connectivity index is 1.34. The zero-order valence-electron chi connectivity index (χ0n) is 28.6. The van der Waals surface area contributed by atoms with Crippen molar-refractivity contribution in [3.05, 3.63) is 162 Å². The monoisotopic (exact) mass is 659 g/mol. The van der Waals surface area contributed by atoms with Gasteiger partial charge < -0.3 is 0 Å². The smallest absolute Gasteiger partial charge is 0.0991 e. The minimum absolute atomic E-state index is 0.658. The fourth-order valence-corrected chi connectivity index (χ4v) is 8.61. The van der Waals surface area contributed by atoms with E-state index in [0.29, 0.717) is 11.1 Å². The van der Waals surface area contributed by atoms with Gasteiger partial charge in [0, 0.05) is 11.8 Å². The zero-order chi connectivity index (χ0) is 35.1. The topological polar surface area (TPSA) is 60.5 Å². The van der Waals surface area contributed by atoms with E-state index in [2.05, 4.69) is 123 Å². The maximum absolute atomic E-state index is 9.71. The molecule has 1 aromatic heterocycles. The average Bonchev–Trinajstić information content (AvgIpc) is 3.50. The summed E-state index contributed by atoms with van der Waals surface area (Å²) >= 11 is 0. The highest BCUT2D eigenvalue weighted by molar-refractivity contribution is 6.27. The molecule has 0 spiro atoms. The van der Waals surface area contributed by atoms with Crippen LogP contribution in [0.15, 0.2) is 140 Å². The molecule has 10 rings (SSSR count). The zero-order valence-corrected chi connectivity index (χ0v) is 28.6. The lowest BCUT2D eigenvalue weighted by Crippen LogP contribution is -1.93. The lowest BCUT2D eigenvalue weighted by molar-refractivity contribution is 1.33. The molecule has 0 unspecified atom stereocenters. The predicted molar refractivity (Wildman–Crippen MR) is 214 cm³/mol. The van der Waals surface area contributed by atoms with Crippen LogP contribution in [0.2, 0.25) is 0 Å². The molecule has 52 heavy (non-hydrogen) atoms.